The maximum absolute atomic E-state index is 5.80. The fourth-order valence-electron chi connectivity index (χ4n) is 2.35. The van der Waals surface area contributed by atoms with E-state index in [1.54, 1.807) is 7.11 Å². The number of nitrogens with one attached hydrogen (secondary N) is 1. The molecule has 0 saturated heterocycles. The lowest BCUT2D eigenvalue weighted by Gasteiger charge is -2.10. The van der Waals surface area contributed by atoms with Gasteiger partial charge < -0.3 is 14.8 Å². The molecule has 0 aliphatic heterocycles. The molecule has 3 rings (SSSR count). The standard InChI is InChI=1S/C19H19NO2/c1-21-18-8-4-7-17(14-18)20-11-12-22-19-10-9-15-5-2-3-6-16(15)13-19/h2-10,13-14,20H,11-12H2,1H3. The highest BCUT2D eigenvalue weighted by Gasteiger charge is 1.98. The maximum atomic E-state index is 5.80. The summed E-state index contributed by atoms with van der Waals surface area (Å²) in [4.78, 5) is 0. The molecule has 3 nitrogen and oxygen atoms in total. The molecular weight excluding hydrogens is 274 g/mol. The summed E-state index contributed by atoms with van der Waals surface area (Å²) < 4.78 is 11.0. The van der Waals surface area contributed by atoms with Crippen molar-refractivity contribution in [3.63, 3.8) is 0 Å². The molecule has 3 aromatic rings. The van der Waals surface area contributed by atoms with E-state index in [2.05, 4.69) is 29.6 Å². The highest BCUT2D eigenvalue weighted by Crippen LogP contribution is 2.20. The van der Waals surface area contributed by atoms with Crippen LogP contribution in [-0.2, 0) is 0 Å². The summed E-state index contributed by atoms with van der Waals surface area (Å²) in [5, 5.41) is 5.74. The average Bonchev–Trinajstić information content (AvgIpc) is 2.59. The Labute approximate surface area is 130 Å². The molecule has 0 amide bonds. The number of hydrogen-bond acceptors (Lipinski definition) is 3. The van der Waals surface area contributed by atoms with Crippen LogP contribution in [0.1, 0.15) is 0 Å². The molecule has 0 heterocycles. The van der Waals surface area contributed by atoms with Crippen LogP contribution in [0.5, 0.6) is 11.5 Å². The van der Waals surface area contributed by atoms with Gasteiger partial charge in [-0.3, -0.25) is 0 Å². The average molecular weight is 293 g/mol. The zero-order valence-corrected chi connectivity index (χ0v) is 12.6. The maximum Gasteiger partial charge on any atom is 0.120 e. The molecule has 0 fully saturated rings. The van der Waals surface area contributed by atoms with Crippen LogP contribution in [-0.4, -0.2) is 20.3 Å². The lowest BCUT2D eigenvalue weighted by atomic mass is 10.1. The number of methoxy groups -OCH3 is 1. The predicted molar refractivity (Wildman–Crippen MR) is 90.9 cm³/mol. The Hall–Kier alpha value is -2.68. The molecule has 0 aliphatic carbocycles. The van der Waals surface area contributed by atoms with E-state index in [1.165, 1.54) is 10.8 Å². The van der Waals surface area contributed by atoms with Crippen molar-refractivity contribution in [2.45, 2.75) is 0 Å². The highest BCUT2D eigenvalue weighted by atomic mass is 16.5. The third-order valence-corrected chi connectivity index (χ3v) is 3.49. The lowest BCUT2D eigenvalue weighted by Crippen LogP contribution is -2.11. The van der Waals surface area contributed by atoms with Crippen molar-refractivity contribution in [1.82, 2.24) is 0 Å². The molecule has 3 heteroatoms. The van der Waals surface area contributed by atoms with Crippen LogP contribution in [0.15, 0.2) is 66.7 Å². The Bertz CT molecular complexity index is 755. The van der Waals surface area contributed by atoms with Gasteiger partial charge in [0.1, 0.15) is 18.1 Å². The second-order valence-corrected chi connectivity index (χ2v) is 5.02. The van der Waals surface area contributed by atoms with Gasteiger partial charge in [0.25, 0.3) is 0 Å². The topological polar surface area (TPSA) is 30.5 Å². The second-order valence-electron chi connectivity index (χ2n) is 5.02. The summed E-state index contributed by atoms with van der Waals surface area (Å²) in [6.45, 7) is 1.34. The fraction of sp³-hybridized carbons (Fsp3) is 0.158. The molecule has 0 aromatic heterocycles. The quantitative estimate of drug-likeness (QED) is 0.686. The minimum absolute atomic E-state index is 0.607. The molecule has 22 heavy (non-hydrogen) atoms. The van der Waals surface area contributed by atoms with Crippen molar-refractivity contribution in [2.24, 2.45) is 0 Å². The molecule has 0 spiro atoms. The normalized spacial score (nSPS) is 10.4. The van der Waals surface area contributed by atoms with Crippen LogP contribution in [0, 0.1) is 0 Å². The molecular formula is C19H19NO2. The fourth-order valence-corrected chi connectivity index (χ4v) is 2.35. The van der Waals surface area contributed by atoms with Gasteiger partial charge in [-0.25, -0.2) is 0 Å². The first-order valence-corrected chi connectivity index (χ1v) is 7.35. The van der Waals surface area contributed by atoms with E-state index in [4.69, 9.17) is 9.47 Å². The number of benzene rings is 3. The second kappa shape index (κ2) is 6.85. The third-order valence-electron chi connectivity index (χ3n) is 3.49. The third kappa shape index (κ3) is 3.50. The van der Waals surface area contributed by atoms with Gasteiger partial charge in [-0.1, -0.05) is 36.4 Å². The minimum atomic E-state index is 0.607. The molecule has 0 saturated carbocycles. The number of anilines is 1. The summed E-state index contributed by atoms with van der Waals surface area (Å²) in [6.07, 6.45) is 0. The van der Waals surface area contributed by atoms with E-state index in [-0.39, 0.29) is 0 Å². The van der Waals surface area contributed by atoms with Crippen molar-refractivity contribution in [3.8, 4) is 11.5 Å². The van der Waals surface area contributed by atoms with Crippen LogP contribution < -0.4 is 14.8 Å². The van der Waals surface area contributed by atoms with Gasteiger partial charge in [-0.2, -0.15) is 0 Å². The van der Waals surface area contributed by atoms with Gasteiger partial charge in [0.2, 0.25) is 0 Å². The SMILES string of the molecule is COc1cccc(NCCOc2ccc3ccccc3c2)c1. The lowest BCUT2D eigenvalue weighted by molar-refractivity contribution is 0.333. The smallest absolute Gasteiger partial charge is 0.120 e. The largest absolute Gasteiger partial charge is 0.497 e. The summed E-state index contributed by atoms with van der Waals surface area (Å²) in [5.74, 6) is 1.74. The molecule has 0 bridgehead atoms. The highest BCUT2D eigenvalue weighted by molar-refractivity contribution is 5.83. The van der Waals surface area contributed by atoms with E-state index in [9.17, 15) is 0 Å². The Morgan fingerprint density at radius 2 is 1.68 bits per heavy atom. The van der Waals surface area contributed by atoms with Crippen LogP contribution in [0.3, 0.4) is 0 Å². The first kappa shape index (κ1) is 14.3. The Morgan fingerprint density at radius 3 is 2.55 bits per heavy atom. The minimum Gasteiger partial charge on any atom is -0.497 e. The van der Waals surface area contributed by atoms with E-state index in [0.717, 1.165) is 23.7 Å². The van der Waals surface area contributed by atoms with E-state index in [1.807, 2.05) is 42.5 Å². The molecule has 0 aliphatic rings. The van der Waals surface area contributed by atoms with Crippen molar-refractivity contribution in [2.75, 3.05) is 25.6 Å². The van der Waals surface area contributed by atoms with Crippen molar-refractivity contribution in [1.29, 1.82) is 0 Å². The Morgan fingerprint density at radius 1 is 0.818 bits per heavy atom. The molecule has 1 N–H and O–H groups in total. The number of rotatable bonds is 6. The van der Waals surface area contributed by atoms with Gasteiger partial charge >= 0.3 is 0 Å². The number of fused-ring (bicyclic) bond motifs is 1. The molecule has 0 radical (unpaired) electrons. The predicted octanol–water partition coefficient (Wildman–Crippen LogP) is 4.34. The Kier molecular flexibility index (Phi) is 4.44. The summed E-state index contributed by atoms with van der Waals surface area (Å²) in [6, 6.07) is 22.3. The van der Waals surface area contributed by atoms with Crippen LogP contribution in [0.4, 0.5) is 5.69 Å². The summed E-state index contributed by atoms with van der Waals surface area (Å²) in [5.41, 5.74) is 1.03. The first-order valence-electron chi connectivity index (χ1n) is 7.35. The van der Waals surface area contributed by atoms with Gasteiger partial charge in [-0.05, 0) is 35.0 Å². The zero-order valence-electron chi connectivity index (χ0n) is 12.6. The van der Waals surface area contributed by atoms with Crippen LogP contribution in [0.2, 0.25) is 0 Å². The van der Waals surface area contributed by atoms with E-state index < -0.39 is 0 Å². The number of hydrogen-bond donors (Lipinski definition) is 1. The molecule has 0 atom stereocenters. The van der Waals surface area contributed by atoms with Crippen molar-refractivity contribution in [3.05, 3.63) is 66.7 Å². The van der Waals surface area contributed by atoms with Crippen LogP contribution in [0.25, 0.3) is 10.8 Å². The van der Waals surface area contributed by atoms with Gasteiger partial charge in [-0.15, -0.1) is 0 Å². The summed E-state index contributed by atoms with van der Waals surface area (Å²) in [7, 11) is 1.67. The van der Waals surface area contributed by atoms with Gasteiger partial charge in [0.05, 0.1) is 7.11 Å². The molecule has 112 valence electrons. The first-order chi connectivity index (χ1) is 10.8. The zero-order chi connectivity index (χ0) is 15.2. The number of ether oxygens (including phenoxy) is 2. The van der Waals surface area contributed by atoms with E-state index >= 15 is 0 Å². The van der Waals surface area contributed by atoms with Gasteiger partial charge in [0.15, 0.2) is 0 Å². The van der Waals surface area contributed by atoms with E-state index in [0.29, 0.717) is 6.61 Å². The Balaban J connectivity index is 1.53. The van der Waals surface area contributed by atoms with Crippen LogP contribution >= 0.6 is 0 Å². The molecule has 0 unspecified atom stereocenters. The summed E-state index contributed by atoms with van der Waals surface area (Å²) >= 11 is 0. The van der Waals surface area contributed by atoms with Crippen molar-refractivity contribution >= 4 is 16.5 Å². The monoisotopic (exact) mass is 293 g/mol. The van der Waals surface area contributed by atoms with Gasteiger partial charge in [0, 0.05) is 18.3 Å². The molecule has 3 aromatic carbocycles. The van der Waals surface area contributed by atoms with Crippen molar-refractivity contribution < 1.29 is 9.47 Å².